The van der Waals surface area contributed by atoms with Gasteiger partial charge in [0, 0.05) is 0 Å². The topological polar surface area (TPSA) is 68.7 Å². The zero-order valence-corrected chi connectivity index (χ0v) is 12.4. The molecule has 0 aliphatic carbocycles. The van der Waals surface area contributed by atoms with E-state index in [1.807, 2.05) is 12.1 Å². The van der Waals surface area contributed by atoms with Crippen LogP contribution in [0.3, 0.4) is 0 Å². The average Bonchev–Trinajstić information content (AvgIpc) is 2.94. The van der Waals surface area contributed by atoms with E-state index in [0.717, 1.165) is 0 Å². The highest BCUT2D eigenvalue weighted by Gasteiger charge is 2.15. The summed E-state index contributed by atoms with van der Waals surface area (Å²) in [4.78, 5) is 35.5. The van der Waals surface area contributed by atoms with Crippen molar-refractivity contribution in [1.82, 2.24) is 19.0 Å². The van der Waals surface area contributed by atoms with Crippen LogP contribution in [-0.2, 0) is 0 Å². The maximum atomic E-state index is 12.8. The molecule has 0 radical (unpaired) electrons. The van der Waals surface area contributed by atoms with Gasteiger partial charge in [-0.15, -0.1) is 0 Å². The lowest BCUT2D eigenvalue weighted by molar-refractivity contribution is 0.802. The number of hydrogen-bond acceptors (Lipinski definition) is 5. The summed E-state index contributed by atoms with van der Waals surface area (Å²) < 4.78 is 2.62. The van der Waals surface area contributed by atoms with Crippen molar-refractivity contribution < 1.29 is 0 Å². The predicted molar refractivity (Wildman–Crippen MR) is 89.4 cm³/mol. The van der Waals surface area contributed by atoms with Crippen LogP contribution < -0.4 is 11.1 Å². The lowest BCUT2D eigenvalue weighted by Gasteiger charge is -2.01. The second-order valence-electron chi connectivity index (χ2n) is 5.16. The Bertz CT molecular complexity index is 1260. The van der Waals surface area contributed by atoms with Gasteiger partial charge in [0.15, 0.2) is 0 Å². The van der Waals surface area contributed by atoms with Crippen LogP contribution in [0.4, 0.5) is 0 Å². The van der Waals surface area contributed by atoms with Crippen LogP contribution in [0.2, 0.25) is 0 Å². The first-order chi connectivity index (χ1) is 11.2. The SMILES string of the molecule is O=c1c2ccccc2nc2sc3nc4ccccc4c(=O)n3n12. The lowest BCUT2D eigenvalue weighted by atomic mass is 10.2. The summed E-state index contributed by atoms with van der Waals surface area (Å²) in [6.07, 6.45) is 0. The van der Waals surface area contributed by atoms with E-state index < -0.39 is 0 Å². The van der Waals surface area contributed by atoms with Gasteiger partial charge in [0.25, 0.3) is 11.1 Å². The fourth-order valence-electron chi connectivity index (χ4n) is 2.77. The molecule has 0 unspecified atom stereocenters. The monoisotopic (exact) mass is 320 g/mol. The van der Waals surface area contributed by atoms with Crippen LogP contribution in [0.1, 0.15) is 0 Å². The van der Waals surface area contributed by atoms with Crippen molar-refractivity contribution >= 4 is 43.1 Å². The van der Waals surface area contributed by atoms with Gasteiger partial charge in [0.2, 0.25) is 9.92 Å². The van der Waals surface area contributed by atoms with Crippen molar-refractivity contribution in [3.05, 3.63) is 69.2 Å². The fraction of sp³-hybridized carbons (Fsp3) is 0. The van der Waals surface area contributed by atoms with Gasteiger partial charge in [-0.2, -0.15) is 9.03 Å². The quantitative estimate of drug-likeness (QED) is 0.438. The van der Waals surface area contributed by atoms with Crippen LogP contribution in [0.25, 0.3) is 31.7 Å². The van der Waals surface area contributed by atoms with E-state index in [-0.39, 0.29) is 11.1 Å². The lowest BCUT2D eigenvalue weighted by Crippen LogP contribution is -2.26. The molecule has 7 heteroatoms. The van der Waals surface area contributed by atoms with Crippen LogP contribution in [0, 0.1) is 0 Å². The first kappa shape index (κ1) is 12.5. The number of nitrogens with zero attached hydrogens (tertiary/aromatic N) is 4. The minimum atomic E-state index is -0.268. The van der Waals surface area contributed by atoms with E-state index in [2.05, 4.69) is 9.97 Å². The van der Waals surface area contributed by atoms with Gasteiger partial charge in [0.05, 0.1) is 21.8 Å². The third kappa shape index (κ3) is 1.56. The van der Waals surface area contributed by atoms with Crippen LogP contribution >= 0.6 is 11.3 Å². The Morgan fingerprint density at radius 2 is 1.13 bits per heavy atom. The van der Waals surface area contributed by atoms with E-state index in [9.17, 15) is 9.59 Å². The molecule has 0 saturated carbocycles. The highest BCUT2D eigenvalue weighted by molar-refractivity contribution is 7.21. The van der Waals surface area contributed by atoms with Gasteiger partial charge in [-0.3, -0.25) is 9.59 Å². The van der Waals surface area contributed by atoms with E-state index in [1.165, 1.54) is 20.4 Å². The molecule has 5 aromatic rings. The van der Waals surface area contributed by atoms with Crippen molar-refractivity contribution in [2.45, 2.75) is 0 Å². The van der Waals surface area contributed by atoms with Gasteiger partial charge < -0.3 is 0 Å². The highest BCUT2D eigenvalue weighted by atomic mass is 32.1. The highest BCUT2D eigenvalue weighted by Crippen LogP contribution is 2.18. The molecule has 3 heterocycles. The molecule has 3 aromatic heterocycles. The predicted octanol–water partition coefficient (Wildman–Crippen LogP) is 2.07. The molecule has 0 amide bonds. The molecule has 0 saturated heterocycles. The molecule has 0 spiro atoms. The molecule has 6 nitrogen and oxygen atoms in total. The molecule has 5 rings (SSSR count). The van der Waals surface area contributed by atoms with E-state index in [1.54, 1.807) is 36.4 Å². The number of para-hydroxylation sites is 2. The smallest absolute Gasteiger partial charge is 0.267 e. The Labute approximate surface area is 131 Å². The van der Waals surface area contributed by atoms with E-state index in [0.29, 0.717) is 31.7 Å². The maximum Gasteiger partial charge on any atom is 0.281 e. The van der Waals surface area contributed by atoms with Gasteiger partial charge in [0.1, 0.15) is 0 Å². The van der Waals surface area contributed by atoms with Crippen LogP contribution in [0.15, 0.2) is 58.1 Å². The summed E-state index contributed by atoms with van der Waals surface area (Å²) >= 11 is 1.22. The first-order valence-electron chi connectivity index (χ1n) is 6.96. The molecule has 23 heavy (non-hydrogen) atoms. The number of fused-ring (bicyclic) bond motifs is 5. The number of aromatic nitrogens is 4. The minimum absolute atomic E-state index is 0.268. The van der Waals surface area contributed by atoms with Crippen LogP contribution in [0.5, 0.6) is 0 Å². The number of rotatable bonds is 0. The summed E-state index contributed by atoms with van der Waals surface area (Å²) in [6, 6.07) is 14.2. The number of hydrogen-bond donors (Lipinski definition) is 0. The molecule has 0 atom stereocenters. The van der Waals surface area contributed by atoms with Crippen molar-refractivity contribution in [2.24, 2.45) is 0 Å². The summed E-state index contributed by atoms with van der Waals surface area (Å²) in [7, 11) is 0. The summed E-state index contributed by atoms with van der Waals surface area (Å²) in [5, 5.41) is 0.953. The van der Waals surface area contributed by atoms with Crippen molar-refractivity contribution in [3.8, 4) is 0 Å². The molecule has 2 aromatic carbocycles. The second kappa shape index (κ2) is 4.23. The largest absolute Gasteiger partial charge is 0.281 e. The molecule has 0 fully saturated rings. The van der Waals surface area contributed by atoms with E-state index in [4.69, 9.17) is 0 Å². The summed E-state index contributed by atoms with van der Waals surface area (Å²) in [6.45, 7) is 0. The summed E-state index contributed by atoms with van der Waals surface area (Å²) in [5.74, 6) is 0. The van der Waals surface area contributed by atoms with Gasteiger partial charge in [-0.25, -0.2) is 9.97 Å². The molecule has 0 aliphatic rings. The number of benzene rings is 2. The fourth-order valence-corrected chi connectivity index (χ4v) is 3.73. The Balaban J connectivity index is 2.15. The van der Waals surface area contributed by atoms with Gasteiger partial charge >= 0.3 is 0 Å². The maximum absolute atomic E-state index is 12.8. The van der Waals surface area contributed by atoms with Crippen molar-refractivity contribution in [3.63, 3.8) is 0 Å². The molecular formula is C16H8N4O2S. The zero-order chi connectivity index (χ0) is 15.6. The third-order valence-corrected chi connectivity index (χ3v) is 4.72. The van der Waals surface area contributed by atoms with Gasteiger partial charge in [-0.1, -0.05) is 35.6 Å². The third-order valence-electron chi connectivity index (χ3n) is 3.83. The minimum Gasteiger partial charge on any atom is -0.267 e. The van der Waals surface area contributed by atoms with Crippen molar-refractivity contribution in [1.29, 1.82) is 0 Å². The van der Waals surface area contributed by atoms with E-state index >= 15 is 0 Å². The average molecular weight is 320 g/mol. The standard InChI is InChI=1S/C16H8N4O2S/c21-13-9-5-1-3-7-11(9)17-15-19(13)20-14(22)10-6-2-4-8-12(10)18-16(20)23-15/h1-8H. The Hall–Kier alpha value is -3.06. The Morgan fingerprint density at radius 3 is 1.61 bits per heavy atom. The molecule has 0 aliphatic heterocycles. The molecule has 110 valence electrons. The molecule has 0 N–H and O–H groups in total. The summed E-state index contributed by atoms with van der Waals surface area (Å²) in [5.41, 5.74) is 0.690. The normalized spacial score (nSPS) is 11.8. The van der Waals surface area contributed by atoms with Crippen LogP contribution in [-0.4, -0.2) is 19.0 Å². The van der Waals surface area contributed by atoms with Gasteiger partial charge in [-0.05, 0) is 24.3 Å². The second-order valence-corrected chi connectivity index (χ2v) is 6.09. The first-order valence-corrected chi connectivity index (χ1v) is 7.78. The Kier molecular flexibility index (Phi) is 2.30. The zero-order valence-electron chi connectivity index (χ0n) is 11.6. The Morgan fingerprint density at radius 1 is 0.696 bits per heavy atom. The van der Waals surface area contributed by atoms with Crippen molar-refractivity contribution in [2.75, 3.05) is 0 Å². The molecule has 0 bridgehead atoms. The molecular weight excluding hydrogens is 312 g/mol.